The Balaban J connectivity index is 2.14. The minimum absolute atomic E-state index is 0.473. The second-order valence-corrected chi connectivity index (χ2v) is 5.60. The summed E-state index contributed by atoms with van der Waals surface area (Å²) in [5.74, 6) is 0. The standard InChI is InChI=1S/C14H21BrN2O/c1-11-3-4-12(9-14(11)15)17-7-8-18-10-13(17)5-6-16-2/h3-4,9,13,16H,5-8,10H2,1-2H3. The normalized spacial score (nSPS) is 20.2. The van der Waals surface area contributed by atoms with E-state index in [9.17, 15) is 0 Å². The van der Waals surface area contributed by atoms with Crippen LogP contribution in [0.4, 0.5) is 5.69 Å². The Hall–Kier alpha value is -0.580. The van der Waals surface area contributed by atoms with Crippen molar-refractivity contribution in [3.63, 3.8) is 0 Å². The molecule has 1 heterocycles. The molecule has 0 spiro atoms. The Bertz CT molecular complexity index is 397. The van der Waals surface area contributed by atoms with Crippen LogP contribution in [0.15, 0.2) is 22.7 Å². The highest BCUT2D eigenvalue weighted by Gasteiger charge is 2.22. The predicted molar refractivity (Wildman–Crippen MR) is 79.4 cm³/mol. The first-order chi connectivity index (χ1) is 8.72. The van der Waals surface area contributed by atoms with E-state index in [2.05, 4.69) is 51.3 Å². The number of anilines is 1. The van der Waals surface area contributed by atoms with Crippen LogP contribution in [-0.4, -0.2) is 39.4 Å². The molecule has 1 aliphatic rings. The minimum atomic E-state index is 0.473. The van der Waals surface area contributed by atoms with Crippen molar-refractivity contribution >= 4 is 21.6 Å². The first kappa shape index (κ1) is 13.8. The van der Waals surface area contributed by atoms with E-state index in [1.807, 2.05) is 7.05 Å². The molecule has 0 aliphatic carbocycles. The van der Waals surface area contributed by atoms with Gasteiger partial charge in [0.15, 0.2) is 0 Å². The molecule has 2 rings (SSSR count). The van der Waals surface area contributed by atoms with Crippen LogP contribution < -0.4 is 10.2 Å². The lowest BCUT2D eigenvalue weighted by Gasteiger charge is -2.37. The van der Waals surface area contributed by atoms with Gasteiger partial charge in [-0.15, -0.1) is 0 Å². The fourth-order valence-electron chi connectivity index (χ4n) is 2.31. The van der Waals surface area contributed by atoms with Gasteiger partial charge >= 0.3 is 0 Å². The smallest absolute Gasteiger partial charge is 0.0671 e. The average Bonchev–Trinajstić information content (AvgIpc) is 2.40. The number of nitrogens with zero attached hydrogens (tertiary/aromatic N) is 1. The van der Waals surface area contributed by atoms with Crippen LogP contribution in [-0.2, 0) is 4.74 Å². The minimum Gasteiger partial charge on any atom is -0.377 e. The highest BCUT2D eigenvalue weighted by Crippen LogP contribution is 2.26. The maximum Gasteiger partial charge on any atom is 0.0671 e. The van der Waals surface area contributed by atoms with E-state index in [4.69, 9.17) is 4.74 Å². The Morgan fingerprint density at radius 3 is 3.06 bits per heavy atom. The summed E-state index contributed by atoms with van der Waals surface area (Å²) in [6, 6.07) is 7.07. The lowest BCUT2D eigenvalue weighted by atomic mass is 10.1. The van der Waals surface area contributed by atoms with Crippen molar-refractivity contribution in [1.29, 1.82) is 0 Å². The van der Waals surface area contributed by atoms with Gasteiger partial charge in [-0.05, 0) is 44.6 Å². The van der Waals surface area contributed by atoms with E-state index in [0.29, 0.717) is 6.04 Å². The van der Waals surface area contributed by atoms with Crippen molar-refractivity contribution in [2.75, 3.05) is 38.3 Å². The maximum absolute atomic E-state index is 5.60. The molecule has 1 aromatic rings. The van der Waals surface area contributed by atoms with Crippen LogP contribution in [0.2, 0.25) is 0 Å². The molecule has 3 nitrogen and oxygen atoms in total. The molecular weight excluding hydrogens is 292 g/mol. The third-order valence-electron chi connectivity index (χ3n) is 3.44. The number of morpholine rings is 1. The first-order valence-electron chi connectivity index (χ1n) is 6.47. The molecule has 4 heteroatoms. The summed E-state index contributed by atoms with van der Waals surface area (Å²) >= 11 is 3.61. The largest absolute Gasteiger partial charge is 0.377 e. The van der Waals surface area contributed by atoms with Crippen LogP contribution in [0.5, 0.6) is 0 Å². The third kappa shape index (κ3) is 3.25. The van der Waals surface area contributed by atoms with Gasteiger partial charge in [0.05, 0.1) is 19.3 Å². The quantitative estimate of drug-likeness (QED) is 0.925. The van der Waals surface area contributed by atoms with Crippen molar-refractivity contribution < 1.29 is 4.74 Å². The third-order valence-corrected chi connectivity index (χ3v) is 4.30. The van der Waals surface area contributed by atoms with Gasteiger partial charge in [-0.25, -0.2) is 0 Å². The monoisotopic (exact) mass is 312 g/mol. The Morgan fingerprint density at radius 2 is 2.33 bits per heavy atom. The van der Waals surface area contributed by atoms with E-state index in [1.54, 1.807) is 0 Å². The van der Waals surface area contributed by atoms with Gasteiger partial charge in [0.2, 0.25) is 0 Å². The van der Waals surface area contributed by atoms with Crippen LogP contribution in [0.3, 0.4) is 0 Å². The van der Waals surface area contributed by atoms with Crippen molar-refractivity contribution in [2.45, 2.75) is 19.4 Å². The second-order valence-electron chi connectivity index (χ2n) is 4.75. The molecule has 1 atom stereocenters. The van der Waals surface area contributed by atoms with Gasteiger partial charge in [-0.1, -0.05) is 22.0 Å². The highest BCUT2D eigenvalue weighted by atomic mass is 79.9. The first-order valence-corrected chi connectivity index (χ1v) is 7.27. The molecule has 1 fully saturated rings. The molecule has 1 saturated heterocycles. The summed E-state index contributed by atoms with van der Waals surface area (Å²) in [5.41, 5.74) is 2.57. The topological polar surface area (TPSA) is 24.5 Å². The molecule has 0 amide bonds. The Kier molecular flexibility index (Phi) is 5.03. The number of nitrogens with one attached hydrogen (secondary N) is 1. The lowest BCUT2D eigenvalue weighted by Crippen LogP contribution is -2.46. The molecule has 0 radical (unpaired) electrons. The highest BCUT2D eigenvalue weighted by molar-refractivity contribution is 9.10. The van der Waals surface area contributed by atoms with Crippen molar-refractivity contribution in [2.24, 2.45) is 0 Å². The number of hydrogen-bond acceptors (Lipinski definition) is 3. The molecule has 0 bridgehead atoms. The fraction of sp³-hybridized carbons (Fsp3) is 0.571. The summed E-state index contributed by atoms with van der Waals surface area (Å²) in [6.45, 7) is 5.77. The zero-order valence-corrected chi connectivity index (χ0v) is 12.7. The summed E-state index contributed by atoms with van der Waals surface area (Å²) in [6.07, 6.45) is 1.11. The van der Waals surface area contributed by atoms with Gasteiger partial charge < -0.3 is 15.0 Å². The number of hydrogen-bond donors (Lipinski definition) is 1. The van der Waals surface area contributed by atoms with Crippen molar-refractivity contribution in [1.82, 2.24) is 5.32 Å². The fourth-order valence-corrected chi connectivity index (χ4v) is 2.67. The van der Waals surface area contributed by atoms with E-state index < -0.39 is 0 Å². The van der Waals surface area contributed by atoms with Crippen LogP contribution in [0.1, 0.15) is 12.0 Å². The molecule has 1 aromatic carbocycles. The second kappa shape index (κ2) is 6.55. The van der Waals surface area contributed by atoms with Crippen LogP contribution in [0.25, 0.3) is 0 Å². The summed E-state index contributed by atoms with van der Waals surface area (Å²) < 4.78 is 6.78. The van der Waals surface area contributed by atoms with Gasteiger partial charge in [0, 0.05) is 16.7 Å². The van der Waals surface area contributed by atoms with E-state index in [1.165, 1.54) is 15.7 Å². The zero-order valence-electron chi connectivity index (χ0n) is 11.1. The number of rotatable bonds is 4. The zero-order chi connectivity index (χ0) is 13.0. The average molecular weight is 313 g/mol. The van der Waals surface area contributed by atoms with Crippen molar-refractivity contribution in [3.8, 4) is 0 Å². The lowest BCUT2D eigenvalue weighted by molar-refractivity contribution is 0.0917. The number of ether oxygens (including phenoxy) is 1. The van der Waals surface area contributed by atoms with Gasteiger partial charge in [0.25, 0.3) is 0 Å². The number of aryl methyl sites for hydroxylation is 1. The molecular formula is C14H21BrN2O. The molecule has 1 N–H and O–H groups in total. The van der Waals surface area contributed by atoms with E-state index >= 15 is 0 Å². The van der Waals surface area contributed by atoms with Crippen LogP contribution >= 0.6 is 15.9 Å². The van der Waals surface area contributed by atoms with Crippen LogP contribution in [0, 0.1) is 6.92 Å². The molecule has 18 heavy (non-hydrogen) atoms. The SMILES string of the molecule is CNCCC1COCCN1c1ccc(C)c(Br)c1. The molecule has 100 valence electrons. The number of halogens is 1. The van der Waals surface area contributed by atoms with E-state index in [-0.39, 0.29) is 0 Å². The van der Waals surface area contributed by atoms with Gasteiger partial charge in [-0.2, -0.15) is 0 Å². The Morgan fingerprint density at radius 1 is 1.50 bits per heavy atom. The maximum atomic E-state index is 5.60. The van der Waals surface area contributed by atoms with Gasteiger partial charge in [-0.3, -0.25) is 0 Å². The van der Waals surface area contributed by atoms with Gasteiger partial charge in [0.1, 0.15) is 0 Å². The predicted octanol–water partition coefficient (Wildman–Crippen LogP) is 2.57. The van der Waals surface area contributed by atoms with Crippen molar-refractivity contribution in [3.05, 3.63) is 28.2 Å². The molecule has 0 saturated carbocycles. The molecule has 0 aromatic heterocycles. The summed E-state index contributed by atoms with van der Waals surface area (Å²) in [5, 5.41) is 3.22. The Labute approximate surface area is 118 Å². The molecule has 1 unspecified atom stereocenters. The summed E-state index contributed by atoms with van der Waals surface area (Å²) in [4.78, 5) is 2.46. The number of benzene rings is 1. The molecule has 1 aliphatic heterocycles. The van der Waals surface area contributed by atoms with E-state index in [0.717, 1.165) is 32.7 Å². The summed E-state index contributed by atoms with van der Waals surface area (Å²) in [7, 11) is 2.00.